The van der Waals surface area contributed by atoms with Gasteiger partial charge in [0.25, 0.3) is 5.91 Å². The fraction of sp³-hybridized carbons (Fsp3) is 0.136. The van der Waals surface area contributed by atoms with Crippen molar-refractivity contribution in [2.45, 2.75) is 19.4 Å². The Kier molecular flexibility index (Phi) is 6.46. The van der Waals surface area contributed by atoms with E-state index in [0.29, 0.717) is 30.6 Å². The Bertz CT molecular complexity index is 926. The maximum atomic E-state index is 12.9. The number of nitrogens with zero attached hydrogens (tertiary/aromatic N) is 1. The first-order valence-corrected chi connectivity index (χ1v) is 8.91. The number of rotatable bonds is 7. The van der Waals surface area contributed by atoms with E-state index in [1.807, 2.05) is 12.1 Å². The molecule has 6 heteroatoms. The molecule has 1 heterocycles. The van der Waals surface area contributed by atoms with Crippen LogP contribution in [0.15, 0.2) is 73.1 Å². The molecular formula is C22H20FN3O2. The second-order valence-electron chi connectivity index (χ2n) is 6.30. The van der Waals surface area contributed by atoms with E-state index in [1.54, 1.807) is 42.6 Å². The van der Waals surface area contributed by atoms with Crippen LogP contribution in [0.4, 0.5) is 10.1 Å². The van der Waals surface area contributed by atoms with E-state index in [4.69, 9.17) is 0 Å². The molecule has 0 saturated carbocycles. The molecule has 0 atom stereocenters. The van der Waals surface area contributed by atoms with Crippen molar-refractivity contribution < 1.29 is 14.0 Å². The monoisotopic (exact) mass is 377 g/mol. The van der Waals surface area contributed by atoms with Gasteiger partial charge in [0.1, 0.15) is 5.82 Å². The first kappa shape index (κ1) is 19.2. The normalized spacial score (nSPS) is 10.3. The number of aryl methyl sites for hydroxylation is 1. The topological polar surface area (TPSA) is 71.1 Å². The molecule has 0 bridgehead atoms. The van der Waals surface area contributed by atoms with Crippen molar-refractivity contribution in [2.75, 3.05) is 5.32 Å². The molecule has 2 N–H and O–H groups in total. The number of amides is 2. The zero-order chi connectivity index (χ0) is 19.8. The lowest BCUT2D eigenvalue weighted by atomic mass is 10.1. The van der Waals surface area contributed by atoms with Gasteiger partial charge < -0.3 is 10.6 Å². The molecule has 142 valence electrons. The SMILES string of the molecule is O=C(CCc1ccc(F)cc1)Nc1ccc(CNC(=O)c2cccnc2)cc1. The van der Waals surface area contributed by atoms with Crippen LogP contribution in [0, 0.1) is 5.82 Å². The average molecular weight is 377 g/mol. The van der Waals surface area contributed by atoms with Crippen LogP contribution in [0.3, 0.4) is 0 Å². The van der Waals surface area contributed by atoms with Crippen LogP contribution in [0.5, 0.6) is 0 Å². The number of nitrogens with one attached hydrogen (secondary N) is 2. The Morgan fingerprint density at radius 3 is 2.32 bits per heavy atom. The van der Waals surface area contributed by atoms with E-state index < -0.39 is 0 Å². The number of carbonyl (C=O) groups excluding carboxylic acids is 2. The van der Waals surface area contributed by atoms with Crippen LogP contribution in [0.1, 0.15) is 27.9 Å². The third kappa shape index (κ3) is 5.74. The number of anilines is 1. The molecule has 5 nitrogen and oxygen atoms in total. The van der Waals surface area contributed by atoms with Gasteiger partial charge in [0.05, 0.1) is 5.56 Å². The Morgan fingerprint density at radius 1 is 0.929 bits per heavy atom. The van der Waals surface area contributed by atoms with E-state index >= 15 is 0 Å². The second-order valence-corrected chi connectivity index (χ2v) is 6.30. The van der Waals surface area contributed by atoms with Crippen LogP contribution >= 0.6 is 0 Å². The molecule has 0 radical (unpaired) electrons. The largest absolute Gasteiger partial charge is 0.348 e. The van der Waals surface area contributed by atoms with Gasteiger partial charge in [-0.1, -0.05) is 24.3 Å². The van der Waals surface area contributed by atoms with Gasteiger partial charge in [-0.25, -0.2) is 4.39 Å². The maximum absolute atomic E-state index is 12.9. The highest BCUT2D eigenvalue weighted by Crippen LogP contribution is 2.11. The fourth-order valence-electron chi connectivity index (χ4n) is 2.62. The third-order valence-electron chi connectivity index (χ3n) is 4.17. The van der Waals surface area contributed by atoms with Crippen LogP contribution in [0.25, 0.3) is 0 Å². The number of carbonyl (C=O) groups is 2. The summed E-state index contributed by atoms with van der Waals surface area (Å²) in [5.41, 5.74) is 3.02. The summed E-state index contributed by atoms with van der Waals surface area (Å²) in [5.74, 6) is -0.585. The molecule has 0 aliphatic heterocycles. The molecule has 2 aromatic carbocycles. The number of hydrogen-bond donors (Lipinski definition) is 2. The number of halogens is 1. The van der Waals surface area contributed by atoms with Crippen molar-refractivity contribution in [3.05, 3.63) is 95.6 Å². The van der Waals surface area contributed by atoms with Crippen molar-refractivity contribution in [2.24, 2.45) is 0 Å². The van der Waals surface area contributed by atoms with Crippen molar-refractivity contribution in [3.8, 4) is 0 Å². The molecule has 0 spiro atoms. The van der Waals surface area contributed by atoms with Crippen LogP contribution < -0.4 is 10.6 Å². The predicted molar refractivity (Wildman–Crippen MR) is 105 cm³/mol. The number of hydrogen-bond acceptors (Lipinski definition) is 3. The van der Waals surface area contributed by atoms with E-state index in [0.717, 1.165) is 11.1 Å². The molecule has 0 fully saturated rings. The van der Waals surface area contributed by atoms with Crippen molar-refractivity contribution in [3.63, 3.8) is 0 Å². The maximum Gasteiger partial charge on any atom is 0.253 e. The van der Waals surface area contributed by atoms with Crippen LogP contribution in [0.2, 0.25) is 0 Å². The lowest BCUT2D eigenvalue weighted by Gasteiger charge is -2.08. The number of aromatic nitrogens is 1. The minimum Gasteiger partial charge on any atom is -0.348 e. The van der Waals surface area contributed by atoms with Crippen molar-refractivity contribution >= 4 is 17.5 Å². The summed E-state index contributed by atoms with van der Waals surface area (Å²) in [6.07, 6.45) is 3.99. The Hall–Kier alpha value is -3.54. The Balaban J connectivity index is 1.45. The van der Waals surface area contributed by atoms with Crippen molar-refractivity contribution in [1.29, 1.82) is 0 Å². The Morgan fingerprint density at radius 2 is 1.64 bits per heavy atom. The molecule has 0 aliphatic rings. The smallest absolute Gasteiger partial charge is 0.253 e. The molecule has 0 aliphatic carbocycles. The van der Waals surface area contributed by atoms with E-state index in [9.17, 15) is 14.0 Å². The first-order chi connectivity index (χ1) is 13.6. The van der Waals surface area contributed by atoms with Gasteiger partial charge in [-0.05, 0) is 53.9 Å². The molecule has 0 saturated heterocycles. The summed E-state index contributed by atoms with van der Waals surface area (Å²) in [5, 5.41) is 5.66. The molecular weight excluding hydrogens is 357 g/mol. The van der Waals surface area contributed by atoms with Gasteiger partial charge in [0.2, 0.25) is 5.91 Å². The highest BCUT2D eigenvalue weighted by Gasteiger charge is 2.06. The van der Waals surface area contributed by atoms with Gasteiger partial charge in [-0.2, -0.15) is 0 Å². The summed E-state index contributed by atoms with van der Waals surface area (Å²) in [6, 6.07) is 16.8. The summed E-state index contributed by atoms with van der Waals surface area (Å²) in [4.78, 5) is 28.0. The minimum atomic E-state index is -0.287. The number of benzene rings is 2. The number of pyridine rings is 1. The summed E-state index contributed by atoms with van der Waals surface area (Å²) in [7, 11) is 0. The summed E-state index contributed by atoms with van der Waals surface area (Å²) in [6.45, 7) is 0.381. The first-order valence-electron chi connectivity index (χ1n) is 8.91. The highest BCUT2D eigenvalue weighted by molar-refractivity contribution is 5.93. The average Bonchev–Trinajstić information content (AvgIpc) is 2.73. The van der Waals surface area contributed by atoms with Gasteiger partial charge in [0.15, 0.2) is 0 Å². The predicted octanol–water partition coefficient (Wildman–Crippen LogP) is 3.72. The van der Waals surface area contributed by atoms with Gasteiger partial charge >= 0.3 is 0 Å². The van der Waals surface area contributed by atoms with E-state index in [-0.39, 0.29) is 17.6 Å². The van der Waals surface area contributed by atoms with Crippen LogP contribution in [-0.4, -0.2) is 16.8 Å². The van der Waals surface area contributed by atoms with E-state index in [2.05, 4.69) is 15.6 Å². The van der Waals surface area contributed by atoms with E-state index in [1.165, 1.54) is 18.3 Å². The standard InChI is InChI=1S/C22H20FN3O2/c23-19-8-3-16(4-9-19)7-12-21(27)26-20-10-5-17(6-11-20)14-25-22(28)18-2-1-13-24-15-18/h1-6,8-11,13,15H,7,12,14H2,(H,25,28)(H,26,27). The third-order valence-corrected chi connectivity index (χ3v) is 4.17. The molecule has 28 heavy (non-hydrogen) atoms. The molecule has 2 amide bonds. The quantitative estimate of drug-likeness (QED) is 0.659. The van der Waals surface area contributed by atoms with Gasteiger partial charge in [0, 0.05) is 31.0 Å². The van der Waals surface area contributed by atoms with Crippen molar-refractivity contribution in [1.82, 2.24) is 10.3 Å². The van der Waals surface area contributed by atoms with Gasteiger partial charge in [-0.15, -0.1) is 0 Å². The summed E-state index contributed by atoms with van der Waals surface area (Å²) < 4.78 is 12.9. The zero-order valence-electron chi connectivity index (χ0n) is 15.2. The molecule has 1 aromatic heterocycles. The lowest BCUT2D eigenvalue weighted by Crippen LogP contribution is -2.22. The zero-order valence-corrected chi connectivity index (χ0v) is 15.2. The Labute approximate surface area is 162 Å². The van der Waals surface area contributed by atoms with Crippen LogP contribution in [-0.2, 0) is 17.8 Å². The minimum absolute atomic E-state index is 0.109. The van der Waals surface area contributed by atoms with Gasteiger partial charge in [-0.3, -0.25) is 14.6 Å². The highest BCUT2D eigenvalue weighted by atomic mass is 19.1. The molecule has 3 aromatic rings. The fourth-order valence-corrected chi connectivity index (χ4v) is 2.62. The summed E-state index contributed by atoms with van der Waals surface area (Å²) >= 11 is 0. The lowest BCUT2D eigenvalue weighted by molar-refractivity contribution is -0.116. The molecule has 0 unspecified atom stereocenters. The second kappa shape index (κ2) is 9.41. The molecule has 3 rings (SSSR count).